The number of ether oxygens (including phenoxy) is 2. The van der Waals surface area contributed by atoms with E-state index >= 15 is 0 Å². The Labute approximate surface area is 211 Å². The molecule has 0 radical (unpaired) electrons. The third-order valence-electron chi connectivity index (χ3n) is 5.81. The molecule has 0 spiro atoms. The number of aromatic nitrogens is 3. The summed E-state index contributed by atoms with van der Waals surface area (Å²) in [6, 6.07) is 28.4. The molecular weight excluding hydrogens is 452 g/mol. The van der Waals surface area contributed by atoms with Gasteiger partial charge >= 0.3 is 5.97 Å². The maximum absolute atomic E-state index is 11.8. The van der Waals surface area contributed by atoms with Crippen molar-refractivity contribution in [1.82, 2.24) is 19.9 Å². The second-order valence-corrected chi connectivity index (χ2v) is 8.40. The van der Waals surface area contributed by atoms with E-state index in [2.05, 4.69) is 39.5 Å². The number of hydrogen-bond acceptors (Lipinski definition) is 6. The number of nitrogens with zero attached hydrogens (tertiary/aromatic N) is 4. The zero-order chi connectivity index (χ0) is 25.0. The van der Waals surface area contributed by atoms with Gasteiger partial charge in [0.15, 0.2) is 0 Å². The first-order chi connectivity index (χ1) is 17.7. The summed E-state index contributed by atoms with van der Waals surface area (Å²) in [5.74, 6) is -0.322. The normalized spacial score (nSPS) is 12.4. The van der Waals surface area contributed by atoms with E-state index in [1.54, 1.807) is 6.92 Å². The smallest absolute Gasteiger partial charge is 0.330 e. The third kappa shape index (κ3) is 7.10. The minimum absolute atomic E-state index is 0.197. The highest BCUT2D eigenvalue weighted by molar-refractivity contribution is 5.81. The lowest BCUT2D eigenvalue weighted by Gasteiger charge is -2.31. The molecule has 186 valence electrons. The van der Waals surface area contributed by atoms with Crippen LogP contribution < -0.4 is 0 Å². The van der Waals surface area contributed by atoms with E-state index in [9.17, 15) is 4.79 Å². The minimum atomic E-state index is -0.322. The fraction of sp³-hybridized carbons (Fsp3) is 0.276. The molecule has 0 aliphatic rings. The van der Waals surface area contributed by atoms with Crippen LogP contribution >= 0.6 is 0 Å². The van der Waals surface area contributed by atoms with Crippen molar-refractivity contribution in [3.8, 4) is 0 Å². The van der Waals surface area contributed by atoms with Gasteiger partial charge < -0.3 is 9.47 Å². The van der Waals surface area contributed by atoms with Crippen LogP contribution in [0.25, 0.3) is 11.0 Å². The van der Waals surface area contributed by atoms with Crippen LogP contribution in [0.1, 0.15) is 30.6 Å². The van der Waals surface area contributed by atoms with Crippen molar-refractivity contribution >= 4 is 17.0 Å². The van der Waals surface area contributed by atoms with E-state index in [1.165, 1.54) is 11.6 Å². The van der Waals surface area contributed by atoms with Gasteiger partial charge in [0.1, 0.15) is 11.7 Å². The Hall–Kier alpha value is -3.81. The topological polar surface area (TPSA) is 69.5 Å². The number of carbonyl (C=O) groups is 1. The van der Waals surface area contributed by atoms with Crippen LogP contribution in [0.3, 0.4) is 0 Å². The Morgan fingerprint density at radius 3 is 2.42 bits per heavy atom. The van der Waals surface area contributed by atoms with E-state index in [4.69, 9.17) is 9.47 Å². The number of esters is 1. The summed E-state index contributed by atoms with van der Waals surface area (Å²) in [4.78, 5) is 14.1. The second kappa shape index (κ2) is 13.3. The molecule has 4 rings (SSSR count). The molecular formula is C29H32N4O3. The summed E-state index contributed by atoms with van der Waals surface area (Å²) in [6.07, 6.45) is 3.83. The summed E-state index contributed by atoms with van der Waals surface area (Å²) in [6.45, 7) is 4.49. The first kappa shape index (κ1) is 25.3. The molecule has 7 heteroatoms. The zero-order valence-corrected chi connectivity index (χ0v) is 20.6. The summed E-state index contributed by atoms with van der Waals surface area (Å²) >= 11 is 0. The van der Waals surface area contributed by atoms with Gasteiger partial charge in [-0.2, -0.15) is 0 Å². The Morgan fingerprint density at radius 2 is 1.67 bits per heavy atom. The summed E-state index contributed by atoms with van der Waals surface area (Å²) in [5, 5.41) is 8.91. The fourth-order valence-electron chi connectivity index (χ4n) is 4.06. The molecule has 0 aliphatic carbocycles. The summed E-state index contributed by atoms with van der Waals surface area (Å²) in [5.41, 5.74) is 4.09. The van der Waals surface area contributed by atoms with Crippen molar-refractivity contribution in [3.63, 3.8) is 0 Å². The third-order valence-corrected chi connectivity index (χ3v) is 5.81. The first-order valence-corrected chi connectivity index (χ1v) is 12.3. The largest absolute Gasteiger partial charge is 0.463 e. The van der Waals surface area contributed by atoms with Gasteiger partial charge in [0, 0.05) is 19.2 Å². The molecule has 4 aromatic rings. The average Bonchev–Trinajstić information content (AvgIpc) is 3.34. The first-order valence-electron chi connectivity index (χ1n) is 12.3. The number of carbonyl (C=O) groups excluding carboxylic acids is 1. The van der Waals surface area contributed by atoms with Crippen LogP contribution in [0, 0.1) is 0 Å². The minimum Gasteiger partial charge on any atom is -0.463 e. The van der Waals surface area contributed by atoms with Gasteiger partial charge in [-0.1, -0.05) is 84.1 Å². The lowest BCUT2D eigenvalue weighted by molar-refractivity contribution is -0.137. The van der Waals surface area contributed by atoms with Crippen molar-refractivity contribution in [3.05, 3.63) is 108 Å². The predicted molar refractivity (Wildman–Crippen MR) is 140 cm³/mol. The molecule has 36 heavy (non-hydrogen) atoms. The molecule has 0 fully saturated rings. The van der Waals surface area contributed by atoms with E-state index in [0.29, 0.717) is 39.3 Å². The Kier molecular flexibility index (Phi) is 9.36. The van der Waals surface area contributed by atoms with Crippen LogP contribution in [0.4, 0.5) is 0 Å². The molecule has 3 aromatic carbocycles. The lowest BCUT2D eigenvalue weighted by atomic mass is 10.2. The highest BCUT2D eigenvalue weighted by atomic mass is 16.5. The van der Waals surface area contributed by atoms with Gasteiger partial charge in [0.05, 0.1) is 25.3 Å². The highest BCUT2D eigenvalue weighted by Crippen LogP contribution is 2.23. The van der Waals surface area contributed by atoms with Crippen molar-refractivity contribution in [1.29, 1.82) is 0 Å². The number of hydrogen-bond donors (Lipinski definition) is 0. The number of fused-ring (bicyclic) bond motifs is 1. The van der Waals surface area contributed by atoms with E-state index in [0.717, 1.165) is 16.6 Å². The molecule has 0 amide bonds. The van der Waals surface area contributed by atoms with E-state index < -0.39 is 0 Å². The van der Waals surface area contributed by atoms with Crippen molar-refractivity contribution in [2.75, 3.05) is 19.8 Å². The number of rotatable bonds is 13. The maximum atomic E-state index is 11.8. The zero-order valence-electron chi connectivity index (χ0n) is 20.6. The molecule has 0 aliphatic heterocycles. The van der Waals surface area contributed by atoms with Gasteiger partial charge in [-0.05, 0) is 36.6 Å². The molecule has 1 unspecified atom stereocenters. The Bertz CT molecular complexity index is 1240. The Morgan fingerprint density at radius 1 is 0.972 bits per heavy atom. The van der Waals surface area contributed by atoms with Crippen LogP contribution in [0.15, 0.2) is 97.1 Å². The van der Waals surface area contributed by atoms with Crippen molar-refractivity contribution in [2.24, 2.45) is 0 Å². The molecule has 1 aromatic heterocycles. The quantitative estimate of drug-likeness (QED) is 0.193. The number of para-hydroxylation sites is 1. The lowest BCUT2D eigenvalue weighted by Crippen LogP contribution is -2.37. The van der Waals surface area contributed by atoms with Gasteiger partial charge in [0.25, 0.3) is 0 Å². The van der Waals surface area contributed by atoms with E-state index in [-0.39, 0.29) is 12.1 Å². The van der Waals surface area contributed by atoms with Crippen molar-refractivity contribution in [2.45, 2.75) is 32.7 Å². The van der Waals surface area contributed by atoms with Gasteiger partial charge in [-0.3, -0.25) is 4.90 Å². The maximum Gasteiger partial charge on any atom is 0.330 e. The predicted octanol–water partition coefficient (Wildman–Crippen LogP) is 5.16. The fourth-order valence-corrected chi connectivity index (χ4v) is 4.06. The summed E-state index contributed by atoms with van der Waals surface area (Å²) in [7, 11) is 0. The van der Waals surface area contributed by atoms with Crippen LogP contribution in [-0.4, -0.2) is 45.6 Å². The van der Waals surface area contributed by atoms with E-state index in [1.807, 2.05) is 71.4 Å². The number of benzene rings is 3. The van der Waals surface area contributed by atoms with Crippen molar-refractivity contribution < 1.29 is 14.3 Å². The molecule has 0 N–H and O–H groups in total. The molecule has 0 saturated carbocycles. The molecule has 1 atom stereocenters. The van der Waals surface area contributed by atoms with Gasteiger partial charge in [-0.15, -0.1) is 5.10 Å². The standard InChI is InChI=1S/C29H32N4O3/c1-2-36-29(34)19-11-12-20-32(21-24-13-5-3-6-14-24)28(23-35-22-25-15-7-4-8-16-25)33-27-18-10-9-17-26(27)30-31-33/h3-11,13-19,28H,2,12,20-23H2,1H3/b19-11+. The summed E-state index contributed by atoms with van der Waals surface area (Å²) < 4.78 is 13.2. The molecule has 0 bridgehead atoms. The SMILES string of the molecule is CCOC(=O)/C=C/CCN(Cc1ccccc1)C(COCc1ccccc1)n1nnc2ccccc21. The molecule has 7 nitrogen and oxygen atoms in total. The van der Waals surface area contributed by atoms with Crippen LogP contribution in [-0.2, 0) is 27.4 Å². The highest BCUT2D eigenvalue weighted by Gasteiger charge is 2.24. The molecule has 1 heterocycles. The van der Waals surface area contributed by atoms with Gasteiger partial charge in [0.2, 0.25) is 0 Å². The Balaban J connectivity index is 1.59. The second-order valence-electron chi connectivity index (χ2n) is 8.40. The monoisotopic (exact) mass is 484 g/mol. The molecule has 0 saturated heterocycles. The van der Waals surface area contributed by atoms with Gasteiger partial charge in [-0.25, -0.2) is 9.48 Å². The van der Waals surface area contributed by atoms with Crippen LogP contribution in [0.2, 0.25) is 0 Å². The average molecular weight is 485 g/mol. The van der Waals surface area contributed by atoms with Crippen LogP contribution in [0.5, 0.6) is 0 Å².